The van der Waals surface area contributed by atoms with Crippen LogP contribution in [0.4, 0.5) is 10.1 Å². The van der Waals surface area contributed by atoms with Crippen LogP contribution in [0.5, 0.6) is 5.75 Å². The van der Waals surface area contributed by atoms with Crippen LogP contribution < -0.4 is 10.1 Å². The zero-order valence-electron chi connectivity index (χ0n) is 11.2. The Kier molecular flexibility index (Phi) is 4.80. The number of anilines is 1. The predicted octanol–water partition coefficient (Wildman–Crippen LogP) is 3.91. The van der Waals surface area contributed by atoms with Crippen LogP contribution >= 0.6 is 15.9 Å². The molecule has 0 fully saturated rings. The first-order valence-corrected chi connectivity index (χ1v) is 6.89. The Morgan fingerprint density at radius 2 is 2.10 bits per heavy atom. The molecule has 0 amide bonds. The molecule has 0 aliphatic heterocycles. The number of rotatable bonds is 5. The van der Waals surface area contributed by atoms with E-state index >= 15 is 0 Å². The van der Waals surface area contributed by atoms with E-state index in [1.807, 2.05) is 0 Å². The second-order valence-corrected chi connectivity index (χ2v) is 5.16. The Morgan fingerprint density at radius 3 is 2.76 bits per heavy atom. The van der Waals surface area contributed by atoms with Crippen molar-refractivity contribution in [1.29, 1.82) is 0 Å². The van der Waals surface area contributed by atoms with E-state index < -0.39 is 5.97 Å². The van der Waals surface area contributed by atoms with Crippen LogP contribution in [0.25, 0.3) is 0 Å². The Bertz CT molecular complexity index is 676. The van der Waals surface area contributed by atoms with Gasteiger partial charge in [0, 0.05) is 11.0 Å². The van der Waals surface area contributed by atoms with Crippen LogP contribution in [0.3, 0.4) is 0 Å². The van der Waals surface area contributed by atoms with Gasteiger partial charge in [-0.3, -0.25) is 0 Å². The topological polar surface area (TPSA) is 58.6 Å². The molecule has 0 aliphatic rings. The first kappa shape index (κ1) is 15.3. The highest BCUT2D eigenvalue weighted by molar-refractivity contribution is 9.10. The monoisotopic (exact) mass is 353 g/mol. The molecular formula is C15H13BrFNO3. The van der Waals surface area contributed by atoms with Gasteiger partial charge in [0.25, 0.3) is 0 Å². The maximum Gasteiger partial charge on any atom is 0.335 e. The summed E-state index contributed by atoms with van der Waals surface area (Å²) in [6.45, 7) is 0.331. The van der Waals surface area contributed by atoms with Crippen LogP contribution in [0.2, 0.25) is 0 Å². The van der Waals surface area contributed by atoms with E-state index in [9.17, 15) is 9.18 Å². The van der Waals surface area contributed by atoms with Crippen molar-refractivity contribution in [3.63, 3.8) is 0 Å². The highest BCUT2D eigenvalue weighted by atomic mass is 79.9. The van der Waals surface area contributed by atoms with Gasteiger partial charge in [-0.1, -0.05) is 15.9 Å². The molecule has 0 radical (unpaired) electrons. The van der Waals surface area contributed by atoms with Crippen molar-refractivity contribution in [1.82, 2.24) is 0 Å². The molecule has 110 valence electrons. The van der Waals surface area contributed by atoms with Crippen LogP contribution in [0.1, 0.15) is 15.9 Å². The number of hydrogen-bond acceptors (Lipinski definition) is 3. The van der Waals surface area contributed by atoms with Crippen molar-refractivity contribution < 1.29 is 19.0 Å². The minimum absolute atomic E-state index is 0.150. The third-order valence-electron chi connectivity index (χ3n) is 2.92. The lowest BCUT2D eigenvalue weighted by molar-refractivity contribution is 0.0697. The van der Waals surface area contributed by atoms with E-state index in [4.69, 9.17) is 9.84 Å². The molecule has 4 nitrogen and oxygen atoms in total. The summed E-state index contributed by atoms with van der Waals surface area (Å²) in [5.74, 6) is -0.832. The Balaban J connectivity index is 2.24. The minimum Gasteiger partial charge on any atom is -0.495 e. The number of nitrogens with one attached hydrogen (secondary N) is 1. The molecule has 2 aromatic carbocycles. The lowest BCUT2D eigenvalue weighted by Crippen LogP contribution is -2.05. The van der Waals surface area contributed by atoms with Crippen LogP contribution in [0, 0.1) is 5.82 Å². The quantitative estimate of drug-likeness (QED) is 0.855. The molecule has 0 bridgehead atoms. The Hall–Kier alpha value is -2.08. The second kappa shape index (κ2) is 6.58. The maximum atomic E-state index is 13.2. The van der Waals surface area contributed by atoms with Crippen molar-refractivity contribution in [2.24, 2.45) is 0 Å². The molecule has 0 spiro atoms. The molecule has 2 aromatic rings. The standard InChI is InChI=1S/C15H13BrFNO3/c1-21-14-5-2-9(15(19)20)7-13(14)18-8-10-6-11(17)3-4-12(10)16/h2-7,18H,8H2,1H3,(H,19,20). The van der Waals surface area contributed by atoms with E-state index in [0.29, 0.717) is 18.0 Å². The number of carboxylic acid groups (broad SMARTS) is 1. The van der Waals surface area contributed by atoms with Crippen molar-refractivity contribution in [2.75, 3.05) is 12.4 Å². The van der Waals surface area contributed by atoms with E-state index in [1.54, 1.807) is 12.1 Å². The first-order chi connectivity index (χ1) is 10.0. The third-order valence-corrected chi connectivity index (χ3v) is 3.70. The van der Waals surface area contributed by atoms with Gasteiger partial charge in [0.2, 0.25) is 0 Å². The SMILES string of the molecule is COc1ccc(C(=O)O)cc1NCc1cc(F)ccc1Br. The molecular weight excluding hydrogens is 341 g/mol. The molecule has 0 aromatic heterocycles. The highest BCUT2D eigenvalue weighted by Crippen LogP contribution is 2.27. The van der Waals surface area contributed by atoms with Crippen molar-refractivity contribution in [3.05, 3.63) is 57.8 Å². The molecule has 0 atom stereocenters. The van der Waals surface area contributed by atoms with Crippen LogP contribution in [-0.2, 0) is 6.54 Å². The van der Waals surface area contributed by atoms with Gasteiger partial charge in [-0.05, 0) is 42.0 Å². The Morgan fingerprint density at radius 1 is 1.33 bits per heavy atom. The number of aromatic carboxylic acids is 1. The summed E-state index contributed by atoms with van der Waals surface area (Å²) < 4.78 is 19.2. The summed E-state index contributed by atoms with van der Waals surface area (Å²) in [5, 5.41) is 12.1. The fraction of sp³-hybridized carbons (Fsp3) is 0.133. The Labute approximate surface area is 129 Å². The maximum absolute atomic E-state index is 13.2. The first-order valence-electron chi connectivity index (χ1n) is 6.10. The lowest BCUT2D eigenvalue weighted by Gasteiger charge is -2.13. The molecule has 0 heterocycles. The number of halogens is 2. The van der Waals surface area contributed by atoms with E-state index in [0.717, 1.165) is 10.0 Å². The number of ether oxygens (including phenoxy) is 1. The van der Waals surface area contributed by atoms with Gasteiger partial charge >= 0.3 is 5.97 Å². The van der Waals surface area contributed by atoms with Crippen LogP contribution in [-0.4, -0.2) is 18.2 Å². The zero-order chi connectivity index (χ0) is 15.4. The number of carbonyl (C=O) groups is 1. The van der Waals surface area contributed by atoms with Crippen molar-refractivity contribution in [3.8, 4) is 5.75 Å². The average molecular weight is 354 g/mol. The smallest absolute Gasteiger partial charge is 0.335 e. The van der Waals surface area contributed by atoms with Gasteiger partial charge in [0.1, 0.15) is 11.6 Å². The average Bonchev–Trinajstić information content (AvgIpc) is 2.47. The largest absolute Gasteiger partial charge is 0.495 e. The molecule has 0 aliphatic carbocycles. The van der Waals surface area contributed by atoms with E-state index in [-0.39, 0.29) is 11.4 Å². The minimum atomic E-state index is -1.02. The molecule has 2 rings (SSSR count). The van der Waals surface area contributed by atoms with Gasteiger partial charge in [-0.15, -0.1) is 0 Å². The van der Waals surface area contributed by atoms with Crippen LogP contribution in [0.15, 0.2) is 40.9 Å². The van der Waals surface area contributed by atoms with Gasteiger partial charge in [0.05, 0.1) is 18.4 Å². The van der Waals surface area contributed by atoms with Crippen molar-refractivity contribution in [2.45, 2.75) is 6.54 Å². The summed E-state index contributed by atoms with van der Waals surface area (Å²) >= 11 is 3.35. The molecule has 0 saturated carbocycles. The summed E-state index contributed by atoms with van der Waals surface area (Å²) in [7, 11) is 1.50. The second-order valence-electron chi connectivity index (χ2n) is 4.31. The molecule has 6 heteroatoms. The normalized spacial score (nSPS) is 10.2. The van der Waals surface area contributed by atoms with Crippen molar-refractivity contribution >= 4 is 27.6 Å². The number of methoxy groups -OCH3 is 1. The van der Waals surface area contributed by atoms with E-state index in [2.05, 4.69) is 21.2 Å². The fourth-order valence-electron chi connectivity index (χ4n) is 1.85. The summed E-state index contributed by atoms with van der Waals surface area (Å²) in [6.07, 6.45) is 0. The van der Waals surface area contributed by atoms with Gasteiger partial charge in [0.15, 0.2) is 0 Å². The number of benzene rings is 2. The summed E-state index contributed by atoms with van der Waals surface area (Å²) in [6, 6.07) is 8.91. The zero-order valence-corrected chi connectivity index (χ0v) is 12.8. The fourth-order valence-corrected chi connectivity index (χ4v) is 2.24. The molecule has 0 unspecified atom stereocenters. The van der Waals surface area contributed by atoms with E-state index in [1.165, 1.54) is 31.4 Å². The number of hydrogen-bond donors (Lipinski definition) is 2. The molecule has 0 saturated heterocycles. The number of carboxylic acids is 1. The third kappa shape index (κ3) is 3.72. The van der Waals surface area contributed by atoms with Gasteiger partial charge < -0.3 is 15.2 Å². The summed E-state index contributed by atoms with van der Waals surface area (Å²) in [5.41, 5.74) is 1.41. The molecule has 2 N–H and O–H groups in total. The van der Waals surface area contributed by atoms with Gasteiger partial charge in [-0.25, -0.2) is 9.18 Å². The predicted molar refractivity (Wildman–Crippen MR) is 81.4 cm³/mol. The lowest BCUT2D eigenvalue weighted by atomic mass is 10.1. The summed E-state index contributed by atoms with van der Waals surface area (Å²) in [4.78, 5) is 11.0. The molecule has 21 heavy (non-hydrogen) atoms. The highest BCUT2D eigenvalue weighted by Gasteiger charge is 2.09. The van der Waals surface area contributed by atoms with Gasteiger partial charge in [-0.2, -0.15) is 0 Å².